The highest BCUT2D eigenvalue weighted by Gasteiger charge is 2.25. The molecule has 6 heteroatoms. The van der Waals surface area contributed by atoms with Crippen molar-refractivity contribution < 1.29 is 13.5 Å². The van der Waals surface area contributed by atoms with E-state index in [9.17, 15) is 8.42 Å². The molecule has 19 heavy (non-hydrogen) atoms. The minimum absolute atomic E-state index is 0.107. The first kappa shape index (κ1) is 16.6. The number of hydrogen-bond donors (Lipinski definition) is 1. The number of hydrogen-bond acceptors (Lipinski definition) is 4. The largest absolute Gasteiger partial charge is 0.391 e. The van der Waals surface area contributed by atoms with Crippen molar-refractivity contribution in [2.75, 3.05) is 13.1 Å². The number of sulfonamides is 1. The fourth-order valence-corrected chi connectivity index (χ4v) is 4.62. The normalized spacial score (nSPS) is 12.2. The molecule has 0 atom stereocenters. The zero-order valence-corrected chi connectivity index (χ0v) is 13.3. The van der Waals surface area contributed by atoms with Crippen LogP contribution in [-0.4, -0.2) is 30.9 Å². The summed E-state index contributed by atoms with van der Waals surface area (Å²) in [6.07, 6.45) is 3.71. The average Bonchev–Trinajstić information content (AvgIpc) is 2.88. The van der Waals surface area contributed by atoms with E-state index in [1.54, 1.807) is 16.4 Å². The van der Waals surface area contributed by atoms with Crippen LogP contribution in [0.2, 0.25) is 0 Å². The van der Waals surface area contributed by atoms with E-state index >= 15 is 0 Å². The van der Waals surface area contributed by atoms with Crippen molar-refractivity contribution in [3.05, 3.63) is 17.0 Å². The van der Waals surface area contributed by atoms with Crippen molar-refractivity contribution in [1.29, 1.82) is 0 Å². The molecule has 1 aromatic rings. The van der Waals surface area contributed by atoms with Crippen LogP contribution < -0.4 is 0 Å². The lowest BCUT2D eigenvalue weighted by molar-refractivity contribution is 0.285. The highest BCUT2D eigenvalue weighted by atomic mass is 32.2. The van der Waals surface area contributed by atoms with E-state index in [1.807, 2.05) is 0 Å². The summed E-state index contributed by atoms with van der Waals surface area (Å²) in [5, 5.41) is 9.04. The Morgan fingerprint density at radius 2 is 1.74 bits per heavy atom. The van der Waals surface area contributed by atoms with Gasteiger partial charge < -0.3 is 5.11 Å². The molecule has 0 unspecified atom stereocenters. The zero-order valence-electron chi connectivity index (χ0n) is 11.6. The maximum Gasteiger partial charge on any atom is 0.252 e. The molecule has 0 bridgehead atoms. The second-order valence-corrected chi connectivity index (χ2v) is 7.82. The number of nitrogens with zero attached hydrogens (tertiary/aromatic N) is 1. The van der Waals surface area contributed by atoms with Crippen molar-refractivity contribution in [3.8, 4) is 0 Å². The lowest BCUT2D eigenvalue weighted by atomic mass is 10.3. The van der Waals surface area contributed by atoms with E-state index in [0.717, 1.165) is 37.0 Å². The SMILES string of the molecule is CCCCN(CCCC)S(=O)(=O)c1ccc(CO)s1. The summed E-state index contributed by atoms with van der Waals surface area (Å²) in [6.45, 7) is 5.15. The zero-order chi connectivity index (χ0) is 14.3. The Bertz CT molecular complexity index is 460. The summed E-state index contributed by atoms with van der Waals surface area (Å²) in [5.41, 5.74) is 0. The van der Waals surface area contributed by atoms with Crippen LogP contribution in [0.25, 0.3) is 0 Å². The molecule has 0 aliphatic heterocycles. The van der Waals surface area contributed by atoms with Gasteiger partial charge >= 0.3 is 0 Å². The standard InChI is InChI=1S/C13H23NO3S2/c1-3-5-9-14(10-6-4-2)19(16,17)13-8-7-12(11-15)18-13/h7-8,15H,3-6,9-11H2,1-2H3. The quantitative estimate of drug-likeness (QED) is 0.763. The van der Waals surface area contributed by atoms with Gasteiger partial charge in [0.1, 0.15) is 4.21 Å². The molecule has 0 aliphatic carbocycles. The molecule has 4 nitrogen and oxygen atoms in total. The summed E-state index contributed by atoms with van der Waals surface area (Å²) in [4.78, 5) is 0.685. The van der Waals surface area contributed by atoms with Crippen molar-refractivity contribution in [1.82, 2.24) is 4.31 Å². The van der Waals surface area contributed by atoms with Gasteiger partial charge in [0, 0.05) is 18.0 Å². The maximum atomic E-state index is 12.5. The molecule has 1 aromatic heterocycles. The van der Waals surface area contributed by atoms with Gasteiger partial charge in [-0.25, -0.2) is 8.42 Å². The van der Waals surface area contributed by atoms with E-state index in [4.69, 9.17) is 5.11 Å². The van der Waals surface area contributed by atoms with Gasteiger partial charge in [-0.15, -0.1) is 11.3 Å². The highest BCUT2D eigenvalue weighted by Crippen LogP contribution is 2.25. The molecule has 0 saturated carbocycles. The predicted octanol–water partition coefficient (Wildman–Crippen LogP) is 2.83. The minimum atomic E-state index is -3.39. The molecule has 0 spiro atoms. The van der Waals surface area contributed by atoms with E-state index in [0.29, 0.717) is 22.2 Å². The first-order chi connectivity index (χ1) is 9.06. The molecule has 0 aromatic carbocycles. The Morgan fingerprint density at radius 3 is 2.16 bits per heavy atom. The molecular weight excluding hydrogens is 282 g/mol. The molecule has 0 amide bonds. The van der Waals surface area contributed by atoms with Crippen LogP contribution in [-0.2, 0) is 16.6 Å². The Labute approximate surface area is 120 Å². The second-order valence-electron chi connectivity index (χ2n) is 4.49. The lowest BCUT2D eigenvalue weighted by Gasteiger charge is -2.20. The van der Waals surface area contributed by atoms with Gasteiger partial charge in [-0.05, 0) is 25.0 Å². The monoisotopic (exact) mass is 305 g/mol. The minimum Gasteiger partial charge on any atom is -0.391 e. The van der Waals surface area contributed by atoms with Crippen molar-refractivity contribution in [3.63, 3.8) is 0 Å². The third kappa shape index (κ3) is 4.56. The summed E-state index contributed by atoms with van der Waals surface area (Å²) >= 11 is 1.16. The molecule has 0 aliphatic rings. The molecule has 110 valence electrons. The van der Waals surface area contributed by atoms with Crippen LogP contribution >= 0.6 is 11.3 Å². The van der Waals surface area contributed by atoms with Gasteiger partial charge in [-0.1, -0.05) is 26.7 Å². The molecule has 0 saturated heterocycles. The number of unbranched alkanes of at least 4 members (excludes halogenated alkanes) is 2. The van der Waals surface area contributed by atoms with Gasteiger partial charge in [0.25, 0.3) is 10.0 Å². The highest BCUT2D eigenvalue weighted by molar-refractivity contribution is 7.91. The summed E-state index contributed by atoms with van der Waals surface area (Å²) in [6, 6.07) is 3.27. The van der Waals surface area contributed by atoms with Crippen LogP contribution in [0.5, 0.6) is 0 Å². The first-order valence-electron chi connectivity index (χ1n) is 6.76. The van der Waals surface area contributed by atoms with E-state index in [-0.39, 0.29) is 6.61 Å². The van der Waals surface area contributed by atoms with Crippen molar-refractivity contribution in [2.45, 2.75) is 50.3 Å². The molecule has 0 fully saturated rings. The van der Waals surface area contributed by atoms with E-state index in [1.165, 1.54) is 0 Å². The van der Waals surface area contributed by atoms with Gasteiger partial charge in [0.05, 0.1) is 6.61 Å². The Kier molecular flexibility index (Phi) is 6.99. The van der Waals surface area contributed by atoms with Crippen LogP contribution in [0.1, 0.15) is 44.4 Å². The summed E-state index contributed by atoms with van der Waals surface area (Å²) in [7, 11) is -3.39. The lowest BCUT2D eigenvalue weighted by Crippen LogP contribution is -2.32. The third-order valence-electron chi connectivity index (χ3n) is 2.91. The fraction of sp³-hybridized carbons (Fsp3) is 0.692. The van der Waals surface area contributed by atoms with Crippen LogP contribution in [0, 0.1) is 0 Å². The van der Waals surface area contributed by atoms with Crippen LogP contribution in [0.3, 0.4) is 0 Å². The number of aliphatic hydroxyl groups is 1. The predicted molar refractivity (Wildman–Crippen MR) is 78.8 cm³/mol. The van der Waals surface area contributed by atoms with E-state index < -0.39 is 10.0 Å². The average molecular weight is 305 g/mol. The maximum absolute atomic E-state index is 12.5. The molecule has 1 rings (SSSR count). The Morgan fingerprint density at radius 1 is 1.16 bits per heavy atom. The van der Waals surface area contributed by atoms with Gasteiger partial charge in [-0.3, -0.25) is 0 Å². The first-order valence-corrected chi connectivity index (χ1v) is 9.01. The molecular formula is C13H23NO3S2. The summed E-state index contributed by atoms with van der Waals surface area (Å²) < 4.78 is 27.0. The smallest absolute Gasteiger partial charge is 0.252 e. The van der Waals surface area contributed by atoms with Crippen LogP contribution in [0.4, 0.5) is 0 Å². The van der Waals surface area contributed by atoms with Crippen molar-refractivity contribution in [2.24, 2.45) is 0 Å². The molecule has 0 radical (unpaired) electrons. The fourth-order valence-electron chi connectivity index (χ4n) is 1.73. The van der Waals surface area contributed by atoms with Crippen molar-refractivity contribution >= 4 is 21.4 Å². The van der Waals surface area contributed by atoms with Gasteiger partial charge in [-0.2, -0.15) is 4.31 Å². The van der Waals surface area contributed by atoms with Crippen LogP contribution in [0.15, 0.2) is 16.3 Å². The molecule has 1 N–H and O–H groups in total. The molecule has 1 heterocycles. The van der Waals surface area contributed by atoms with Gasteiger partial charge in [0.2, 0.25) is 0 Å². The number of rotatable bonds is 9. The second kappa shape index (κ2) is 7.99. The third-order valence-corrected chi connectivity index (χ3v) is 6.35. The van der Waals surface area contributed by atoms with E-state index in [2.05, 4.69) is 13.8 Å². The summed E-state index contributed by atoms with van der Waals surface area (Å²) in [5.74, 6) is 0. The Hall–Kier alpha value is -0.430. The number of aliphatic hydroxyl groups excluding tert-OH is 1. The topological polar surface area (TPSA) is 57.6 Å². The Balaban J connectivity index is 2.90. The van der Waals surface area contributed by atoms with Gasteiger partial charge in [0.15, 0.2) is 0 Å². The number of thiophene rings is 1.